The van der Waals surface area contributed by atoms with Crippen LogP contribution in [0.5, 0.6) is 28.7 Å². The van der Waals surface area contributed by atoms with Gasteiger partial charge in [0.15, 0.2) is 28.7 Å². The Kier molecular flexibility index (Phi) is 8.50. The van der Waals surface area contributed by atoms with Gasteiger partial charge >= 0.3 is 12.5 Å². The Hall–Kier alpha value is -4.27. The van der Waals surface area contributed by atoms with E-state index in [4.69, 9.17) is 14.2 Å². The predicted octanol–water partition coefficient (Wildman–Crippen LogP) is 5.18. The van der Waals surface area contributed by atoms with Crippen molar-refractivity contribution in [3.8, 4) is 28.7 Å². The average Bonchev–Trinajstić information content (AvgIpc) is 2.83. The molecule has 3 aromatic rings. The first-order valence-corrected chi connectivity index (χ1v) is 10.5. The first-order chi connectivity index (χ1) is 17.9. The second kappa shape index (κ2) is 11.4. The molecule has 15 heteroatoms. The summed E-state index contributed by atoms with van der Waals surface area (Å²) in [6.45, 7) is 0.350. The summed E-state index contributed by atoms with van der Waals surface area (Å²) in [6, 6.07) is 5.66. The van der Waals surface area contributed by atoms with Crippen LogP contribution < -0.4 is 29.6 Å². The predicted molar refractivity (Wildman–Crippen MR) is 120 cm³/mol. The van der Waals surface area contributed by atoms with Crippen molar-refractivity contribution >= 4 is 11.6 Å². The van der Waals surface area contributed by atoms with Crippen LogP contribution in [0.2, 0.25) is 0 Å². The van der Waals surface area contributed by atoms with E-state index in [2.05, 4.69) is 25.3 Å². The van der Waals surface area contributed by atoms with Crippen molar-refractivity contribution in [1.29, 1.82) is 0 Å². The smallest absolute Gasteiger partial charge is 0.493 e. The molecule has 2 N–H and O–H groups in total. The zero-order chi connectivity index (χ0) is 28.1. The lowest BCUT2D eigenvalue weighted by Crippen LogP contribution is -2.19. The molecular weight excluding hydrogens is 526 g/mol. The maximum Gasteiger partial charge on any atom is 0.573 e. The number of hydrogen-bond acceptors (Lipinski definition) is 8. The minimum Gasteiger partial charge on any atom is -0.493 e. The fourth-order valence-corrected chi connectivity index (χ4v) is 3.24. The Morgan fingerprint density at radius 1 is 0.947 bits per heavy atom. The molecule has 9 nitrogen and oxygen atoms in total. The monoisotopic (exact) mass is 546 g/mol. The lowest BCUT2D eigenvalue weighted by Gasteiger charge is -2.19. The van der Waals surface area contributed by atoms with Gasteiger partial charge in [-0.15, -0.1) is 13.2 Å². The number of nitrogens with zero attached hydrogens (tertiary/aromatic N) is 2. The molecule has 0 saturated carbocycles. The standard InChI is InChI=1S/C23H20F6N4O5/c1-30-10-13-8-12(6-7-31-13)33-21(34)18-17(11-32-20(19(18)36-3)22(24,25)26)37-15-5-4-14(9-16(15)35-2)38-23(27,28)29/h4-9,11,30H,10H2,1-3H3,(H,31,33,34). The van der Waals surface area contributed by atoms with Crippen LogP contribution in [0.3, 0.4) is 0 Å². The molecule has 2 aromatic heterocycles. The SMILES string of the molecule is CNCc1cc(NC(=O)c2c(Oc3ccc(OC(F)(F)F)cc3OC)cnc(C(F)(F)F)c2OC)ccn1. The van der Waals surface area contributed by atoms with Crippen molar-refractivity contribution < 1.29 is 50.1 Å². The highest BCUT2D eigenvalue weighted by Crippen LogP contribution is 2.43. The topological polar surface area (TPSA) is 104 Å². The van der Waals surface area contributed by atoms with Crippen molar-refractivity contribution in [3.05, 3.63) is 59.7 Å². The third kappa shape index (κ3) is 6.94. The molecule has 0 saturated heterocycles. The number of anilines is 1. The van der Waals surface area contributed by atoms with Crippen LogP contribution in [-0.4, -0.2) is 43.5 Å². The molecule has 1 amide bonds. The van der Waals surface area contributed by atoms with E-state index in [0.29, 0.717) is 18.4 Å². The highest BCUT2D eigenvalue weighted by molar-refractivity contribution is 6.08. The van der Waals surface area contributed by atoms with Gasteiger partial charge in [0.2, 0.25) is 0 Å². The number of aromatic nitrogens is 2. The van der Waals surface area contributed by atoms with Gasteiger partial charge < -0.3 is 29.6 Å². The minimum atomic E-state index is -5.00. The molecular formula is C23H20F6N4O5. The number of carbonyl (C=O) groups is 1. The zero-order valence-electron chi connectivity index (χ0n) is 20.0. The summed E-state index contributed by atoms with van der Waals surface area (Å²) in [7, 11) is 3.70. The molecule has 0 bridgehead atoms. The van der Waals surface area contributed by atoms with Gasteiger partial charge in [-0.1, -0.05) is 0 Å². The molecule has 0 spiro atoms. The van der Waals surface area contributed by atoms with Crippen LogP contribution in [0.4, 0.5) is 32.0 Å². The highest BCUT2D eigenvalue weighted by atomic mass is 19.4. The first-order valence-electron chi connectivity index (χ1n) is 10.5. The molecule has 2 heterocycles. The number of nitrogens with one attached hydrogen (secondary N) is 2. The Morgan fingerprint density at radius 2 is 1.68 bits per heavy atom. The van der Waals surface area contributed by atoms with Crippen molar-refractivity contribution in [2.75, 3.05) is 26.6 Å². The third-order valence-electron chi connectivity index (χ3n) is 4.72. The summed E-state index contributed by atoms with van der Waals surface area (Å²) < 4.78 is 98.0. The molecule has 0 fully saturated rings. The van der Waals surface area contributed by atoms with Gasteiger partial charge in [0.05, 0.1) is 26.1 Å². The van der Waals surface area contributed by atoms with Gasteiger partial charge in [-0.25, -0.2) is 4.98 Å². The Morgan fingerprint density at radius 3 is 2.29 bits per heavy atom. The number of methoxy groups -OCH3 is 2. The van der Waals surface area contributed by atoms with E-state index in [1.54, 1.807) is 7.05 Å². The largest absolute Gasteiger partial charge is 0.573 e. The van der Waals surface area contributed by atoms with Gasteiger partial charge in [-0.2, -0.15) is 13.2 Å². The summed E-state index contributed by atoms with van der Waals surface area (Å²) in [4.78, 5) is 20.7. The number of hydrogen-bond donors (Lipinski definition) is 2. The Labute approximate surface area is 211 Å². The summed E-state index contributed by atoms with van der Waals surface area (Å²) in [5.74, 6) is -3.66. The van der Waals surface area contributed by atoms with Gasteiger partial charge in [0, 0.05) is 24.5 Å². The van der Waals surface area contributed by atoms with Gasteiger partial charge in [0.1, 0.15) is 11.3 Å². The van der Waals surface area contributed by atoms with E-state index in [-0.39, 0.29) is 17.2 Å². The van der Waals surface area contributed by atoms with Crippen LogP contribution in [0.25, 0.3) is 0 Å². The fraction of sp³-hybridized carbons (Fsp3) is 0.261. The maximum absolute atomic E-state index is 13.6. The van der Waals surface area contributed by atoms with Crippen LogP contribution in [0, 0.1) is 0 Å². The average molecular weight is 546 g/mol. The normalized spacial score (nSPS) is 11.6. The number of halogens is 6. The summed E-state index contributed by atoms with van der Waals surface area (Å²) in [6.07, 6.45) is -7.95. The third-order valence-corrected chi connectivity index (χ3v) is 4.72. The number of ether oxygens (including phenoxy) is 4. The molecule has 38 heavy (non-hydrogen) atoms. The van der Waals surface area contributed by atoms with Gasteiger partial charge in [-0.3, -0.25) is 9.78 Å². The lowest BCUT2D eigenvalue weighted by atomic mass is 10.1. The minimum absolute atomic E-state index is 0.208. The van der Waals surface area contributed by atoms with Gasteiger partial charge in [-0.05, 0) is 31.3 Å². The van der Waals surface area contributed by atoms with Crippen LogP contribution in [0.15, 0.2) is 42.7 Å². The van der Waals surface area contributed by atoms with Crippen molar-refractivity contribution in [3.63, 3.8) is 0 Å². The number of pyridine rings is 2. The fourth-order valence-electron chi connectivity index (χ4n) is 3.24. The molecule has 0 radical (unpaired) electrons. The van der Waals surface area contributed by atoms with E-state index in [0.717, 1.165) is 32.4 Å². The second-order valence-electron chi connectivity index (χ2n) is 7.36. The Balaban J connectivity index is 2.07. The highest BCUT2D eigenvalue weighted by Gasteiger charge is 2.40. The molecule has 3 rings (SSSR count). The zero-order valence-corrected chi connectivity index (χ0v) is 20.0. The number of rotatable bonds is 9. The van der Waals surface area contributed by atoms with Crippen molar-refractivity contribution in [2.45, 2.75) is 19.1 Å². The number of carbonyl (C=O) groups excluding carboxylic acids is 1. The van der Waals surface area contributed by atoms with Crippen molar-refractivity contribution in [1.82, 2.24) is 15.3 Å². The first kappa shape index (κ1) is 28.3. The van der Waals surface area contributed by atoms with E-state index in [1.165, 1.54) is 18.3 Å². The molecule has 0 aliphatic heterocycles. The maximum atomic E-state index is 13.6. The molecule has 0 atom stereocenters. The Bertz CT molecular complexity index is 1300. The molecule has 0 aliphatic rings. The number of amides is 1. The number of benzene rings is 1. The second-order valence-corrected chi connectivity index (χ2v) is 7.36. The molecule has 204 valence electrons. The van der Waals surface area contributed by atoms with Crippen LogP contribution >= 0.6 is 0 Å². The summed E-state index contributed by atoms with van der Waals surface area (Å²) in [5, 5.41) is 5.33. The van der Waals surface area contributed by atoms with E-state index in [1.807, 2.05) is 0 Å². The summed E-state index contributed by atoms with van der Waals surface area (Å²) >= 11 is 0. The van der Waals surface area contributed by atoms with E-state index < -0.39 is 47.0 Å². The quantitative estimate of drug-likeness (QED) is 0.354. The molecule has 1 aromatic carbocycles. The number of alkyl halides is 6. The van der Waals surface area contributed by atoms with E-state index >= 15 is 0 Å². The van der Waals surface area contributed by atoms with E-state index in [9.17, 15) is 31.1 Å². The molecule has 0 unspecified atom stereocenters. The van der Waals surface area contributed by atoms with Gasteiger partial charge in [0.25, 0.3) is 5.91 Å². The van der Waals surface area contributed by atoms with Crippen LogP contribution in [0.1, 0.15) is 21.7 Å². The lowest BCUT2D eigenvalue weighted by molar-refractivity contribution is -0.274. The molecule has 0 aliphatic carbocycles. The van der Waals surface area contributed by atoms with Crippen LogP contribution in [-0.2, 0) is 12.7 Å². The van der Waals surface area contributed by atoms with Crippen molar-refractivity contribution in [2.24, 2.45) is 0 Å². The summed E-state index contributed by atoms with van der Waals surface area (Å²) in [5.41, 5.74) is -1.44.